The SMILES string of the molecule is COc1ccc(C(C)CN2CCC(C)(CN)C2)cc1. The lowest BCUT2D eigenvalue weighted by molar-refractivity contribution is 0.270. The van der Waals surface area contributed by atoms with Crippen molar-refractivity contribution in [3.05, 3.63) is 29.8 Å². The molecule has 2 rings (SSSR count). The summed E-state index contributed by atoms with van der Waals surface area (Å²) in [5.41, 5.74) is 7.56. The van der Waals surface area contributed by atoms with Crippen molar-refractivity contribution in [2.45, 2.75) is 26.2 Å². The number of nitrogens with two attached hydrogens (primary N) is 1. The van der Waals surface area contributed by atoms with E-state index in [1.165, 1.54) is 18.5 Å². The molecule has 0 spiro atoms. The Labute approximate surface area is 116 Å². The summed E-state index contributed by atoms with van der Waals surface area (Å²) < 4.78 is 5.20. The van der Waals surface area contributed by atoms with Gasteiger partial charge in [0.15, 0.2) is 0 Å². The van der Waals surface area contributed by atoms with Gasteiger partial charge in [0.25, 0.3) is 0 Å². The molecular weight excluding hydrogens is 236 g/mol. The molecule has 1 aromatic rings. The van der Waals surface area contributed by atoms with Gasteiger partial charge in [-0.2, -0.15) is 0 Å². The molecular formula is C16H26N2O. The number of rotatable bonds is 5. The van der Waals surface area contributed by atoms with E-state index in [-0.39, 0.29) is 0 Å². The molecule has 0 radical (unpaired) electrons. The maximum atomic E-state index is 5.86. The third-order valence-electron chi connectivity index (χ3n) is 4.35. The quantitative estimate of drug-likeness (QED) is 0.886. The zero-order valence-electron chi connectivity index (χ0n) is 12.4. The maximum absolute atomic E-state index is 5.86. The largest absolute Gasteiger partial charge is 0.497 e. The molecule has 106 valence electrons. The molecule has 0 bridgehead atoms. The number of likely N-dealkylation sites (tertiary alicyclic amines) is 1. The third kappa shape index (κ3) is 3.48. The Morgan fingerprint density at radius 1 is 1.37 bits per heavy atom. The van der Waals surface area contributed by atoms with E-state index in [2.05, 4.69) is 30.9 Å². The average molecular weight is 262 g/mol. The Kier molecular flexibility index (Phi) is 4.48. The Hall–Kier alpha value is -1.06. The van der Waals surface area contributed by atoms with E-state index in [9.17, 15) is 0 Å². The summed E-state index contributed by atoms with van der Waals surface area (Å²) in [5, 5.41) is 0. The first kappa shape index (κ1) is 14.4. The van der Waals surface area contributed by atoms with E-state index < -0.39 is 0 Å². The van der Waals surface area contributed by atoms with Crippen LogP contribution in [0.25, 0.3) is 0 Å². The standard InChI is InChI=1S/C16H26N2O/c1-13(14-4-6-15(19-3)7-5-14)10-18-9-8-16(2,11-17)12-18/h4-7,13H,8-12,17H2,1-3H3. The fourth-order valence-electron chi connectivity index (χ4n) is 2.87. The molecule has 2 atom stereocenters. The summed E-state index contributed by atoms with van der Waals surface area (Å²) >= 11 is 0. The first-order chi connectivity index (χ1) is 9.06. The lowest BCUT2D eigenvalue weighted by Gasteiger charge is -2.25. The summed E-state index contributed by atoms with van der Waals surface area (Å²) in [7, 11) is 1.70. The minimum atomic E-state index is 0.319. The van der Waals surface area contributed by atoms with Gasteiger partial charge in [-0.05, 0) is 48.5 Å². The minimum absolute atomic E-state index is 0.319. The van der Waals surface area contributed by atoms with E-state index in [1.54, 1.807) is 7.11 Å². The summed E-state index contributed by atoms with van der Waals surface area (Å²) in [6, 6.07) is 8.42. The fourth-order valence-corrected chi connectivity index (χ4v) is 2.87. The van der Waals surface area contributed by atoms with Crippen molar-refractivity contribution in [2.75, 3.05) is 33.3 Å². The van der Waals surface area contributed by atoms with Gasteiger partial charge in [0, 0.05) is 13.1 Å². The van der Waals surface area contributed by atoms with Crippen LogP contribution in [0.15, 0.2) is 24.3 Å². The van der Waals surface area contributed by atoms with E-state index >= 15 is 0 Å². The van der Waals surface area contributed by atoms with Gasteiger partial charge in [-0.25, -0.2) is 0 Å². The first-order valence-electron chi connectivity index (χ1n) is 7.13. The molecule has 3 heteroatoms. The van der Waals surface area contributed by atoms with E-state index in [0.717, 1.165) is 25.4 Å². The van der Waals surface area contributed by atoms with Gasteiger partial charge < -0.3 is 15.4 Å². The first-order valence-corrected chi connectivity index (χ1v) is 7.13. The van der Waals surface area contributed by atoms with Crippen LogP contribution in [-0.4, -0.2) is 38.2 Å². The molecule has 3 nitrogen and oxygen atoms in total. The monoisotopic (exact) mass is 262 g/mol. The molecule has 2 unspecified atom stereocenters. The second kappa shape index (κ2) is 5.93. The predicted octanol–water partition coefficient (Wildman–Crippen LogP) is 2.47. The molecule has 2 N–H and O–H groups in total. The molecule has 1 aliphatic heterocycles. The van der Waals surface area contributed by atoms with Gasteiger partial charge in [-0.1, -0.05) is 26.0 Å². The number of hydrogen-bond acceptors (Lipinski definition) is 3. The smallest absolute Gasteiger partial charge is 0.118 e. The van der Waals surface area contributed by atoms with Crippen molar-refractivity contribution in [3.63, 3.8) is 0 Å². The van der Waals surface area contributed by atoms with Crippen LogP contribution in [0.4, 0.5) is 0 Å². The van der Waals surface area contributed by atoms with Gasteiger partial charge in [0.2, 0.25) is 0 Å². The Balaban J connectivity index is 1.92. The molecule has 0 amide bonds. The number of nitrogens with zero attached hydrogens (tertiary/aromatic N) is 1. The number of methoxy groups -OCH3 is 1. The van der Waals surface area contributed by atoms with Crippen molar-refractivity contribution in [2.24, 2.45) is 11.1 Å². The number of ether oxygens (including phenoxy) is 1. The lowest BCUT2D eigenvalue weighted by atomic mass is 9.90. The average Bonchev–Trinajstić information content (AvgIpc) is 2.81. The summed E-state index contributed by atoms with van der Waals surface area (Å²) in [5.74, 6) is 1.47. The lowest BCUT2D eigenvalue weighted by Crippen LogP contribution is -2.32. The molecule has 0 saturated carbocycles. The van der Waals surface area contributed by atoms with Crippen LogP contribution in [0.2, 0.25) is 0 Å². The van der Waals surface area contributed by atoms with Crippen LogP contribution in [0, 0.1) is 5.41 Å². The number of benzene rings is 1. The highest BCUT2D eigenvalue weighted by atomic mass is 16.5. The molecule has 1 heterocycles. The number of hydrogen-bond donors (Lipinski definition) is 1. The Bertz CT molecular complexity index is 404. The Morgan fingerprint density at radius 3 is 2.58 bits per heavy atom. The van der Waals surface area contributed by atoms with E-state index in [4.69, 9.17) is 10.5 Å². The zero-order chi connectivity index (χ0) is 13.9. The minimum Gasteiger partial charge on any atom is -0.497 e. The van der Waals surface area contributed by atoms with Gasteiger partial charge in [-0.3, -0.25) is 0 Å². The molecule has 1 saturated heterocycles. The molecule has 0 aromatic heterocycles. The van der Waals surface area contributed by atoms with Crippen LogP contribution >= 0.6 is 0 Å². The van der Waals surface area contributed by atoms with E-state index in [0.29, 0.717) is 11.3 Å². The Morgan fingerprint density at radius 2 is 2.05 bits per heavy atom. The zero-order valence-corrected chi connectivity index (χ0v) is 12.4. The highest BCUT2D eigenvalue weighted by Crippen LogP contribution is 2.30. The van der Waals surface area contributed by atoms with Crippen molar-refractivity contribution in [1.82, 2.24) is 4.90 Å². The van der Waals surface area contributed by atoms with Crippen molar-refractivity contribution < 1.29 is 4.74 Å². The maximum Gasteiger partial charge on any atom is 0.118 e. The van der Waals surface area contributed by atoms with Crippen molar-refractivity contribution in [3.8, 4) is 5.75 Å². The molecule has 19 heavy (non-hydrogen) atoms. The summed E-state index contributed by atoms with van der Waals surface area (Å²) in [6.07, 6.45) is 1.22. The second-order valence-corrected chi connectivity index (χ2v) is 6.17. The predicted molar refractivity (Wildman–Crippen MR) is 79.6 cm³/mol. The third-order valence-corrected chi connectivity index (χ3v) is 4.35. The summed E-state index contributed by atoms with van der Waals surface area (Å²) in [6.45, 7) is 8.80. The fraction of sp³-hybridized carbons (Fsp3) is 0.625. The van der Waals surface area contributed by atoms with Crippen LogP contribution in [0.1, 0.15) is 31.7 Å². The van der Waals surface area contributed by atoms with Crippen molar-refractivity contribution in [1.29, 1.82) is 0 Å². The topological polar surface area (TPSA) is 38.5 Å². The molecule has 1 fully saturated rings. The molecule has 0 aliphatic carbocycles. The van der Waals surface area contributed by atoms with Crippen LogP contribution in [0.3, 0.4) is 0 Å². The van der Waals surface area contributed by atoms with Gasteiger partial charge in [-0.15, -0.1) is 0 Å². The molecule has 1 aliphatic rings. The van der Waals surface area contributed by atoms with Crippen molar-refractivity contribution >= 4 is 0 Å². The van der Waals surface area contributed by atoms with Gasteiger partial charge in [0.1, 0.15) is 5.75 Å². The van der Waals surface area contributed by atoms with E-state index in [1.807, 2.05) is 12.1 Å². The summed E-state index contributed by atoms with van der Waals surface area (Å²) in [4.78, 5) is 2.54. The van der Waals surface area contributed by atoms with Gasteiger partial charge in [0.05, 0.1) is 7.11 Å². The van der Waals surface area contributed by atoms with Crippen LogP contribution in [-0.2, 0) is 0 Å². The highest BCUT2D eigenvalue weighted by Gasteiger charge is 2.32. The normalized spacial score (nSPS) is 25.5. The highest BCUT2D eigenvalue weighted by molar-refractivity contribution is 5.29. The second-order valence-electron chi connectivity index (χ2n) is 6.17. The van der Waals surface area contributed by atoms with Gasteiger partial charge >= 0.3 is 0 Å². The van der Waals surface area contributed by atoms with Crippen LogP contribution in [0.5, 0.6) is 5.75 Å². The molecule has 1 aromatic carbocycles. The van der Waals surface area contributed by atoms with Crippen LogP contribution < -0.4 is 10.5 Å².